The van der Waals surface area contributed by atoms with Crippen LogP contribution in [0.15, 0.2) is 77.9 Å². The highest BCUT2D eigenvalue weighted by Crippen LogP contribution is 2.14. The summed E-state index contributed by atoms with van der Waals surface area (Å²) in [5, 5.41) is 7.27. The predicted octanol–water partition coefficient (Wildman–Crippen LogP) is 4.36. The van der Waals surface area contributed by atoms with Gasteiger partial charge in [0.1, 0.15) is 5.75 Å². The van der Waals surface area contributed by atoms with Crippen LogP contribution in [0, 0.1) is 0 Å². The summed E-state index contributed by atoms with van der Waals surface area (Å²) in [4.78, 5) is 24.4. The van der Waals surface area contributed by atoms with Crippen LogP contribution in [0.5, 0.6) is 5.75 Å². The molecule has 146 valence electrons. The standard InChI is InChI=1S/C22H18ClN3O3/c1-29-20-12-2-15(3-13-20)14-24-26-22(28)17-6-10-19(11-7-17)25-21(27)16-4-8-18(23)9-5-16/h2-14H,1H3,(H,25,27)(H,26,28)/b24-14+. The van der Waals surface area contributed by atoms with Crippen LogP contribution in [0.1, 0.15) is 26.3 Å². The average Bonchev–Trinajstić information content (AvgIpc) is 2.75. The topological polar surface area (TPSA) is 79.8 Å². The van der Waals surface area contributed by atoms with Gasteiger partial charge in [-0.3, -0.25) is 9.59 Å². The molecule has 2 amide bonds. The van der Waals surface area contributed by atoms with Crippen LogP contribution in [-0.2, 0) is 0 Å². The molecule has 0 aliphatic rings. The smallest absolute Gasteiger partial charge is 0.271 e. The molecule has 0 spiro atoms. The van der Waals surface area contributed by atoms with E-state index < -0.39 is 0 Å². The molecule has 6 nitrogen and oxygen atoms in total. The van der Waals surface area contributed by atoms with E-state index in [9.17, 15) is 9.59 Å². The van der Waals surface area contributed by atoms with Crippen LogP contribution in [0.25, 0.3) is 0 Å². The summed E-state index contributed by atoms with van der Waals surface area (Å²) in [6.45, 7) is 0. The van der Waals surface area contributed by atoms with Crippen molar-refractivity contribution in [3.63, 3.8) is 0 Å². The lowest BCUT2D eigenvalue weighted by Gasteiger charge is -2.06. The van der Waals surface area contributed by atoms with Crippen molar-refractivity contribution >= 4 is 35.3 Å². The van der Waals surface area contributed by atoms with Crippen molar-refractivity contribution in [3.8, 4) is 5.75 Å². The first-order valence-corrected chi connectivity index (χ1v) is 9.07. The van der Waals surface area contributed by atoms with Crippen molar-refractivity contribution in [2.45, 2.75) is 0 Å². The van der Waals surface area contributed by atoms with Crippen molar-refractivity contribution in [1.29, 1.82) is 0 Å². The summed E-state index contributed by atoms with van der Waals surface area (Å²) >= 11 is 5.82. The fourth-order valence-corrected chi connectivity index (χ4v) is 2.56. The highest BCUT2D eigenvalue weighted by atomic mass is 35.5. The normalized spacial score (nSPS) is 10.6. The number of carbonyl (C=O) groups excluding carboxylic acids is 2. The lowest BCUT2D eigenvalue weighted by molar-refractivity contribution is 0.0954. The zero-order chi connectivity index (χ0) is 20.6. The summed E-state index contributed by atoms with van der Waals surface area (Å²) in [6.07, 6.45) is 1.54. The van der Waals surface area contributed by atoms with E-state index >= 15 is 0 Å². The second-order valence-electron chi connectivity index (χ2n) is 6.01. The van der Waals surface area contributed by atoms with Gasteiger partial charge in [-0.05, 0) is 78.4 Å². The minimum atomic E-state index is -0.356. The molecule has 3 aromatic rings. The van der Waals surface area contributed by atoms with Gasteiger partial charge in [-0.2, -0.15) is 5.10 Å². The summed E-state index contributed by atoms with van der Waals surface area (Å²) in [5.41, 5.74) is 4.77. The maximum atomic E-state index is 12.2. The fraction of sp³-hybridized carbons (Fsp3) is 0.0455. The molecule has 0 aromatic heterocycles. The number of amides is 2. The number of nitrogens with one attached hydrogen (secondary N) is 2. The van der Waals surface area contributed by atoms with E-state index in [1.54, 1.807) is 67.8 Å². The first-order valence-electron chi connectivity index (χ1n) is 8.69. The van der Waals surface area contributed by atoms with Crippen LogP contribution in [0.3, 0.4) is 0 Å². The third-order valence-corrected chi connectivity index (χ3v) is 4.26. The van der Waals surface area contributed by atoms with Crippen LogP contribution >= 0.6 is 11.6 Å². The van der Waals surface area contributed by atoms with Crippen molar-refractivity contribution < 1.29 is 14.3 Å². The van der Waals surface area contributed by atoms with E-state index in [1.807, 2.05) is 12.1 Å². The highest BCUT2D eigenvalue weighted by molar-refractivity contribution is 6.30. The monoisotopic (exact) mass is 407 g/mol. The molecule has 0 bridgehead atoms. The van der Waals surface area contributed by atoms with Gasteiger partial charge in [0.05, 0.1) is 13.3 Å². The summed E-state index contributed by atoms with van der Waals surface area (Å²) in [5.74, 6) is 0.128. The van der Waals surface area contributed by atoms with Gasteiger partial charge in [0, 0.05) is 21.8 Å². The zero-order valence-corrected chi connectivity index (χ0v) is 16.3. The van der Waals surface area contributed by atoms with Crippen molar-refractivity contribution in [2.75, 3.05) is 12.4 Å². The van der Waals surface area contributed by atoms with Gasteiger partial charge < -0.3 is 10.1 Å². The van der Waals surface area contributed by atoms with Crippen LogP contribution < -0.4 is 15.5 Å². The maximum absolute atomic E-state index is 12.2. The Hall–Kier alpha value is -3.64. The number of rotatable bonds is 6. The number of benzene rings is 3. The summed E-state index contributed by atoms with van der Waals surface area (Å²) in [6, 6.07) is 20.4. The molecule has 2 N–H and O–H groups in total. The van der Waals surface area contributed by atoms with Gasteiger partial charge in [-0.1, -0.05) is 11.6 Å². The number of anilines is 1. The number of carbonyl (C=O) groups is 2. The molecule has 0 radical (unpaired) electrons. The number of hydrogen-bond acceptors (Lipinski definition) is 4. The molecular weight excluding hydrogens is 390 g/mol. The number of ether oxygens (including phenoxy) is 1. The average molecular weight is 408 g/mol. The van der Waals surface area contributed by atoms with E-state index in [4.69, 9.17) is 16.3 Å². The molecule has 0 aliphatic heterocycles. The van der Waals surface area contributed by atoms with Gasteiger partial charge in [0.15, 0.2) is 0 Å². The Balaban J connectivity index is 1.55. The predicted molar refractivity (Wildman–Crippen MR) is 114 cm³/mol. The van der Waals surface area contributed by atoms with Crippen molar-refractivity contribution in [1.82, 2.24) is 5.43 Å². The number of halogens is 1. The fourth-order valence-electron chi connectivity index (χ4n) is 2.43. The van der Waals surface area contributed by atoms with Gasteiger partial charge in [0.25, 0.3) is 11.8 Å². The summed E-state index contributed by atoms with van der Waals surface area (Å²) in [7, 11) is 1.59. The van der Waals surface area contributed by atoms with Gasteiger partial charge in [-0.15, -0.1) is 0 Å². The van der Waals surface area contributed by atoms with E-state index in [2.05, 4.69) is 15.8 Å². The zero-order valence-electron chi connectivity index (χ0n) is 15.6. The number of nitrogens with zero attached hydrogens (tertiary/aromatic N) is 1. The molecule has 0 saturated carbocycles. The van der Waals surface area contributed by atoms with Crippen LogP contribution in [0.4, 0.5) is 5.69 Å². The van der Waals surface area contributed by atoms with E-state index in [1.165, 1.54) is 6.21 Å². The van der Waals surface area contributed by atoms with Crippen molar-refractivity contribution in [2.24, 2.45) is 5.10 Å². The Morgan fingerprint density at radius 1 is 0.862 bits per heavy atom. The Labute approximate surface area is 173 Å². The molecule has 0 fully saturated rings. The molecule has 7 heteroatoms. The molecule has 0 heterocycles. The second-order valence-corrected chi connectivity index (χ2v) is 6.45. The molecule has 3 rings (SSSR count). The van der Waals surface area contributed by atoms with E-state index in [-0.39, 0.29) is 11.8 Å². The van der Waals surface area contributed by atoms with E-state index in [0.29, 0.717) is 21.8 Å². The third kappa shape index (κ3) is 5.67. The first kappa shape index (κ1) is 20.1. The Bertz CT molecular complexity index is 1010. The van der Waals surface area contributed by atoms with Gasteiger partial charge in [-0.25, -0.2) is 5.43 Å². The molecular formula is C22H18ClN3O3. The Morgan fingerprint density at radius 2 is 1.45 bits per heavy atom. The van der Waals surface area contributed by atoms with Crippen molar-refractivity contribution in [3.05, 3.63) is 94.5 Å². The quantitative estimate of drug-likeness (QED) is 0.470. The highest BCUT2D eigenvalue weighted by Gasteiger charge is 2.08. The molecule has 0 aliphatic carbocycles. The largest absolute Gasteiger partial charge is 0.497 e. The lowest BCUT2D eigenvalue weighted by atomic mass is 10.1. The lowest BCUT2D eigenvalue weighted by Crippen LogP contribution is -2.17. The Morgan fingerprint density at radius 3 is 2.07 bits per heavy atom. The maximum Gasteiger partial charge on any atom is 0.271 e. The SMILES string of the molecule is COc1ccc(/C=N/NC(=O)c2ccc(NC(=O)c3ccc(Cl)cc3)cc2)cc1. The molecule has 0 unspecified atom stereocenters. The number of hydrogen-bond donors (Lipinski definition) is 2. The first-order chi connectivity index (χ1) is 14.0. The third-order valence-electron chi connectivity index (χ3n) is 4.01. The summed E-state index contributed by atoms with van der Waals surface area (Å²) < 4.78 is 5.09. The number of methoxy groups -OCH3 is 1. The molecule has 0 atom stereocenters. The second kappa shape index (κ2) is 9.52. The van der Waals surface area contributed by atoms with Gasteiger partial charge in [0.2, 0.25) is 0 Å². The van der Waals surface area contributed by atoms with E-state index in [0.717, 1.165) is 11.3 Å². The molecule has 3 aromatic carbocycles. The van der Waals surface area contributed by atoms with Crippen LogP contribution in [-0.4, -0.2) is 25.1 Å². The minimum absolute atomic E-state index is 0.261. The van der Waals surface area contributed by atoms with Gasteiger partial charge >= 0.3 is 0 Å². The van der Waals surface area contributed by atoms with Crippen LogP contribution in [0.2, 0.25) is 5.02 Å². The Kier molecular flexibility index (Phi) is 6.60. The number of hydrazone groups is 1. The molecule has 29 heavy (non-hydrogen) atoms. The molecule has 0 saturated heterocycles. The minimum Gasteiger partial charge on any atom is -0.497 e.